The molecule has 108 valence electrons. The van der Waals surface area contributed by atoms with Crippen LogP contribution in [0.4, 0.5) is 5.88 Å². The molecular weight excluding hydrogens is 242 g/mol. The van der Waals surface area contributed by atoms with E-state index in [-0.39, 0.29) is 5.76 Å². The van der Waals surface area contributed by atoms with Gasteiger partial charge in [-0.2, -0.15) is 0 Å². The summed E-state index contributed by atoms with van der Waals surface area (Å²) in [5.41, 5.74) is 0. The Kier molecular flexibility index (Phi) is 7.78. The van der Waals surface area contributed by atoms with Gasteiger partial charge in [0.15, 0.2) is 5.88 Å². The lowest BCUT2D eigenvalue weighted by molar-refractivity contribution is 0.0663. The molecule has 19 heavy (non-hydrogen) atoms. The molecule has 0 fully saturated rings. The molecule has 0 bridgehead atoms. The van der Waals surface area contributed by atoms with Crippen LogP contribution in [0.1, 0.15) is 68.8 Å². The Morgan fingerprint density at radius 3 is 2.32 bits per heavy atom. The van der Waals surface area contributed by atoms with Gasteiger partial charge in [-0.25, -0.2) is 4.79 Å². The van der Waals surface area contributed by atoms with Crippen LogP contribution in [0.15, 0.2) is 16.5 Å². The minimum atomic E-state index is -1.03. The molecule has 0 radical (unpaired) electrons. The van der Waals surface area contributed by atoms with Gasteiger partial charge in [0.1, 0.15) is 0 Å². The smallest absolute Gasteiger partial charge is 0.371 e. The lowest BCUT2D eigenvalue weighted by Crippen LogP contribution is -2.00. The fourth-order valence-corrected chi connectivity index (χ4v) is 2.02. The van der Waals surface area contributed by atoms with Crippen LogP contribution in [0.5, 0.6) is 0 Å². The van der Waals surface area contributed by atoms with Crippen LogP contribution in [-0.2, 0) is 0 Å². The predicted molar refractivity (Wildman–Crippen MR) is 76.8 cm³/mol. The molecule has 1 heterocycles. The van der Waals surface area contributed by atoms with E-state index < -0.39 is 5.97 Å². The first-order chi connectivity index (χ1) is 9.24. The molecule has 4 heteroatoms. The SMILES string of the molecule is CCCCCCCCCCNc1ccc(C(=O)O)o1. The molecule has 1 aromatic rings. The van der Waals surface area contributed by atoms with Crippen molar-refractivity contribution >= 4 is 11.9 Å². The van der Waals surface area contributed by atoms with Crippen molar-refractivity contribution in [1.29, 1.82) is 0 Å². The number of carbonyl (C=O) groups is 1. The van der Waals surface area contributed by atoms with E-state index in [9.17, 15) is 4.79 Å². The van der Waals surface area contributed by atoms with Gasteiger partial charge in [0.05, 0.1) is 0 Å². The van der Waals surface area contributed by atoms with Gasteiger partial charge < -0.3 is 14.8 Å². The normalized spacial score (nSPS) is 10.6. The molecule has 0 aliphatic carbocycles. The molecule has 0 saturated carbocycles. The Bertz CT molecular complexity index is 360. The standard InChI is InChI=1S/C15H25NO3/c1-2-3-4-5-6-7-8-9-12-16-14-11-10-13(19-14)15(17)18/h10-11,16H,2-9,12H2,1H3,(H,17,18). The van der Waals surface area contributed by atoms with Crippen LogP contribution in [-0.4, -0.2) is 17.6 Å². The van der Waals surface area contributed by atoms with E-state index in [1.54, 1.807) is 6.07 Å². The zero-order valence-corrected chi connectivity index (χ0v) is 11.8. The average molecular weight is 267 g/mol. The van der Waals surface area contributed by atoms with Gasteiger partial charge in [0.25, 0.3) is 0 Å². The van der Waals surface area contributed by atoms with Crippen molar-refractivity contribution in [3.63, 3.8) is 0 Å². The van der Waals surface area contributed by atoms with E-state index in [1.165, 1.54) is 51.0 Å². The molecule has 2 N–H and O–H groups in total. The van der Waals surface area contributed by atoms with Gasteiger partial charge >= 0.3 is 5.97 Å². The maximum atomic E-state index is 10.6. The van der Waals surface area contributed by atoms with E-state index in [1.807, 2.05) is 0 Å². The summed E-state index contributed by atoms with van der Waals surface area (Å²) in [4.78, 5) is 10.6. The second-order valence-corrected chi connectivity index (χ2v) is 4.87. The zero-order valence-electron chi connectivity index (χ0n) is 11.8. The van der Waals surface area contributed by atoms with Crippen molar-refractivity contribution in [2.75, 3.05) is 11.9 Å². The second-order valence-electron chi connectivity index (χ2n) is 4.87. The summed E-state index contributed by atoms with van der Waals surface area (Å²) >= 11 is 0. The molecule has 1 rings (SSSR count). The first-order valence-electron chi connectivity index (χ1n) is 7.31. The summed E-state index contributed by atoms with van der Waals surface area (Å²) in [7, 11) is 0. The van der Waals surface area contributed by atoms with Gasteiger partial charge in [-0.1, -0.05) is 51.9 Å². The van der Waals surface area contributed by atoms with Gasteiger partial charge in [0.2, 0.25) is 5.76 Å². The van der Waals surface area contributed by atoms with Crippen LogP contribution in [0.25, 0.3) is 0 Å². The van der Waals surface area contributed by atoms with E-state index in [0.717, 1.165) is 13.0 Å². The Labute approximate surface area is 115 Å². The number of hydrogen-bond donors (Lipinski definition) is 2. The number of aromatic carboxylic acids is 1. The number of anilines is 1. The second kappa shape index (κ2) is 9.48. The maximum absolute atomic E-state index is 10.6. The molecule has 0 aliphatic rings. The number of furan rings is 1. The van der Waals surface area contributed by atoms with Crippen molar-refractivity contribution < 1.29 is 14.3 Å². The van der Waals surface area contributed by atoms with Crippen LogP contribution in [0, 0.1) is 0 Å². The summed E-state index contributed by atoms with van der Waals surface area (Å²) in [5, 5.41) is 11.8. The topological polar surface area (TPSA) is 62.5 Å². The van der Waals surface area contributed by atoms with Crippen molar-refractivity contribution in [3.05, 3.63) is 17.9 Å². The monoisotopic (exact) mass is 267 g/mol. The van der Waals surface area contributed by atoms with Gasteiger partial charge in [0, 0.05) is 12.6 Å². The molecule has 0 aromatic carbocycles. The highest BCUT2D eigenvalue weighted by molar-refractivity contribution is 5.84. The third kappa shape index (κ3) is 6.89. The quantitative estimate of drug-likeness (QED) is 0.578. The molecule has 4 nitrogen and oxygen atoms in total. The Balaban J connectivity index is 1.97. The molecular formula is C15H25NO3. The van der Waals surface area contributed by atoms with Gasteiger partial charge in [-0.15, -0.1) is 0 Å². The van der Waals surface area contributed by atoms with Crippen LogP contribution in [0.2, 0.25) is 0 Å². The minimum absolute atomic E-state index is 0.0153. The first-order valence-corrected chi connectivity index (χ1v) is 7.31. The minimum Gasteiger partial charge on any atom is -0.475 e. The molecule has 0 aliphatic heterocycles. The molecule has 0 saturated heterocycles. The summed E-state index contributed by atoms with van der Waals surface area (Å²) in [6, 6.07) is 3.13. The third-order valence-electron chi connectivity index (χ3n) is 3.15. The lowest BCUT2D eigenvalue weighted by atomic mass is 10.1. The van der Waals surface area contributed by atoms with Crippen molar-refractivity contribution in [2.45, 2.75) is 58.3 Å². The van der Waals surface area contributed by atoms with Crippen LogP contribution < -0.4 is 5.32 Å². The van der Waals surface area contributed by atoms with Gasteiger partial charge in [-0.3, -0.25) is 0 Å². The van der Waals surface area contributed by atoms with E-state index in [4.69, 9.17) is 9.52 Å². The largest absolute Gasteiger partial charge is 0.475 e. The van der Waals surface area contributed by atoms with E-state index in [0.29, 0.717) is 5.88 Å². The fraction of sp³-hybridized carbons (Fsp3) is 0.667. The number of rotatable bonds is 11. The van der Waals surface area contributed by atoms with Crippen LogP contribution >= 0.6 is 0 Å². The average Bonchev–Trinajstić information content (AvgIpc) is 2.86. The summed E-state index contributed by atoms with van der Waals surface area (Å²) in [6.07, 6.45) is 10.3. The Hall–Kier alpha value is -1.45. The Morgan fingerprint density at radius 2 is 1.74 bits per heavy atom. The molecule has 0 spiro atoms. The van der Waals surface area contributed by atoms with Crippen LogP contribution in [0.3, 0.4) is 0 Å². The molecule has 0 amide bonds. The number of nitrogens with one attached hydrogen (secondary N) is 1. The third-order valence-corrected chi connectivity index (χ3v) is 3.15. The maximum Gasteiger partial charge on any atom is 0.371 e. The van der Waals surface area contributed by atoms with E-state index >= 15 is 0 Å². The number of hydrogen-bond acceptors (Lipinski definition) is 3. The first kappa shape index (κ1) is 15.6. The highest BCUT2D eigenvalue weighted by Gasteiger charge is 2.07. The van der Waals surface area contributed by atoms with Crippen molar-refractivity contribution in [1.82, 2.24) is 0 Å². The molecule has 0 atom stereocenters. The number of carboxylic acids is 1. The molecule has 0 unspecified atom stereocenters. The van der Waals surface area contributed by atoms with Crippen molar-refractivity contribution in [3.8, 4) is 0 Å². The van der Waals surface area contributed by atoms with Gasteiger partial charge in [-0.05, 0) is 12.5 Å². The molecule has 1 aromatic heterocycles. The summed E-state index contributed by atoms with van der Waals surface area (Å²) < 4.78 is 5.11. The highest BCUT2D eigenvalue weighted by atomic mass is 16.4. The Morgan fingerprint density at radius 1 is 1.11 bits per heavy atom. The zero-order chi connectivity index (χ0) is 13.9. The summed E-state index contributed by atoms with van der Waals surface area (Å²) in [6.45, 7) is 3.07. The fourth-order valence-electron chi connectivity index (χ4n) is 2.02. The number of carboxylic acid groups (broad SMARTS) is 1. The lowest BCUT2D eigenvalue weighted by Gasteiger charge is -2.03. The predicted octanol–water partition coefficient (Wildman–Crippen LogP) is 4.53. The summed E-state index contributed by atoms with van der Waals surface area (Å²) in [5.74, 6) is -0.501. The van der Waals surface area contributed by atoms with E-state index in [2.05, 4.69) is 12.2 Å². The van der Waals surface area contributed by atoms with Crippen molar-refractivity contribution in [2.24, 2.45) is 0 Å². The number of unbranched alkanes of at least 4 members (excludes halogenated alkanes) is 7. The highest BCUT2D eigenvalue weighted by Crippen LogP contribution is 2.14.